The molecule has 0 aromatic carbocycles. The molecular weight excluding hydrogens is 220 g/mol. The van der Waals surface area contributed by atoms with E-state index in [1.165, 1.54) is 0 Å². The van der Waals surface area contributed by atoms with Crippen molar-refractivity contribution >= 4 is 17.2 Å². The fraction of sp³-hybridized carbons (Fsp3) is 0.273. The topological polar surface area (TPSA) is 63.8 Å². The number of aryl methyl sites for hydroxylation is 1. The van der Waals surface area contributed by atoms with Gasteiger partial charge < -0.3 is 5.43 Å². The molecule has 0 amide bonds. The van der Waals surface area contributed by atoms with Gasteiger partial charge in [0, 0.05) is 22.7 Å². The van der Waals surface area contributed by atoms with Crippen molar-refractivity contribution in [3.05, 3.63) is 28.6 Å². The maximum atomic E-state index is 5.40. The second kappa shape index (κ2) is 5.05. The molecule has 16 heavy (non-hydrogen) atoms. The Morgan fingerprint density at radius 1 is 1.44 bits per heavy atom. The predicted molar refractivity (Wildman–Crippen MR) is 67.2 cm³/mol. The fourth-order valence-electron chi connectivity index (χ4n) is 1.48. The minimum atomic E-state index is 0.666. The summed E-state index contributed by atoms with van der Waals surface area (Å²) in [6.45, 7) is 2.13. The van der Waals surface area contributed by atoms with Gasteiger partial charge in [-0.25, -0.2) is 15.8 Å². The highest BCUT2D eigenvalue weighted by Crippen LogP contribution is 2.20. The van der Waals surface area contributed by atoms with Crippen LogP contribution in [0.4, 0.5) is 5.82 Å². The van der Waals surface area contributed by atoms with Gasteiger partial charge in [0.25, 0.3) is 0 Å². The molecule has 5 heteroatoms. The Balaban J connectivity index is 2.41. The quantitative estimate of drug-likeness (QED) is 0.630. The van der Waals surface area contributed by atoms with Gasteiger partial charge in [0.15, 0.2) is 5.82 Å². The molecular formula is C11H14N4S. The Morgan fingerprint density at radius 2 is 2.31 bits per heavy atom. The van der Waals surface area contributed by atoms with Gasteiger partial charge in [-0.1, -0.05) is 13.3 Å². The molecule has 84 valence electrons. The lowest BCUT2D eigenvalue weighted by atomic mass is 10.2. The fourth-order valence-corrected chi connectivity index (χ4v) is 2.11. The third-order valence-electron chi connectivity index (χ3n) is 2.21. The van der Waals surface area contributed by atoms with E-state index in [1.807, 2.05) is 22.9 Å². The van der Waals surface area contributed by atoms with Crippen LogP contribution in [-0.4, -0.2) is 9.97 Å². The van der Waals surface area contributed by atoms with E-state index in [0.717, 1.165) is 29.9 Å². The third kappa shape index (κ3) is 2.37. The number of hydrogen-bond acceptors (Lipinski definition) is 5. The predicted octanol–water partition coefficient (Wildman–Crippen LogP) is 2.44. The number of nitrogens with one attached hydrogen (secondary N) is 1. The Bertz CT molecular complexity index is 453. The number of nitrogen functional groups attached to an aromatic ring is 1. The zero-order valence-electron chi connectivity index (χ0n) is 9.10. The Labute approximate surface area is 98.5 Å². The molecule has 0 aliphatic heterocycles. The first-order valence-electron chi connectivity index (χ1n) is 5.20. The summed E-state index contributed by atoms with van der Waals surface area (Å²) in [5, 5.41) is 4.05. The molecule has 0 aliphatic rings. The van der Waals surface area contributed by atoms with Gasteiger partial charge in [-0.2, -0.15) is 11.3 Å². The monoisotopic (exact) mass is 234 g/mol. The van der Waals surface area contributed by atoms with E-state index in [9.17, 15) is 0 Å². The normalized spacial score (nSPS) is 10.4. The highest BCUT2D eigenvalue weighted by atomic mass is 32.1. The minimum absolute atomic E-state index is 0.666. The molecule has 0 bridgehead atoms. The van der Waals surface area contributed by atoms with Gasteiger partial charge in [-0.3, -0.25) is 0 Å². The van der Waals surface area contributed by atoms with Crippen molar-refractivity contribution in [3.8, 4) is 11.4 Å². The van der Waals surface area contributed by atoms with Gasteiger partial charge in [0.1, 0.15) is 5.82 Å². The highest BCUT2D eigenvalue weighted by Gasteiger charge is 2.06. The maximum Gasteiger partial charge on any atom is 0.162 e. The van der Waals surface area contributed by atoms with Gasteiger partial charge >= 0.3 is 0 Å². The average molecular weight is 234 g/mol. The summed E-state index contributed by atoms with van der Waals surface area (Å²) in [4.78, 5) is 8.85. The van der Waals surface area contributed by atoms with Crippen molar-refractivity contribution in [3.63, 3.8) is 0 Å². The van der Waals surface area contributed by atoms with Crippen LogP contribution in [0.3, 0.4) is 0 Å². The van der Waals surface area contributed by atoms with Crippen molar-refractivity contribution < 1.29 is 0 Å². The third-order valence-corrected chi connectivity index (χ3v) is 2.90. The summed E-state index contributed by atoms with van der Waals surface area (Å²) < 4.78 is 0. The van der Waals surface area contributed by atoms with Crippen LogP contribution in [0.15, 0.2) is 22.9 Å². The molecule has 2 heterocycles. The number of thiophene rings is 1. The Kier molecular flexibility index (Phi) is 3.48. The first-order chi connectivity index (χ1) is 7.83. The van der Waals surface area contributed by atoms with Crippen LogP contribution in [0.2, 0.25) is 0 Å². The lowest BCUT2D eigenvalue weighted by Crippen LogP contribution is -2.10. The molecule has 0 spiro atoms. The van der Waals surface area contributed by atoms with Crippen molar-refractivity contribution in [2.75, 3.05) is 5.43 Å². The molecule has 2 rings (SSSR count). The molecule has 0 saturated heterocycles. The number of aromatic nitrogens is 2. The van der Waals surface area contributed by atoms with E-state index >= 15 is 0 Å². The number of anilines is 1. The molecule has 2 aromatic heterocycles. The maximum absolute atomic E-state index is 5.40. The van der Waals surface area contributed by atoms with Gasteiger partial charge in [-0.05, 0) is 17.9 Å². The molecule has 2 aromatic rings. The zero-order valence-corrected chi connectivity index (χ0v) is 9.92. The molecule has 0 fully saturated rings. The standard InChI is InChI=1S/C11H14N4S/c1-2-3-9-6-10(15-12)14-11(13-9)8-4-5-16-7-8/h4-7H,2-3,12H2,1H3,(H,13,14,15). The van der Waals surface area contributed by atoms with Crippen LogP contribution in [0.5, 0.6) is 0 Å². The second-order valence-electron chi connectivity index (χ2n) is 3.47. The van der Waals surface area contributed by atoms with Crippen LogP contribution >= 0.6 is 11.3 Å². The number of nitrogens with two attached hydrogens (primary N) is 1. The number of hydrazine groups is 1. The molecule has 0 atom stereocenters. The summed E-state index contributed by atoms with van der Waals surface area (Å²) in [5.41, 5.74) is 4.64. The highest BCUT2D eigenvalue weighted by molar-refractivity contribution is 7.08. The van der Waals surface area contributed by atoms with Gasteiger partial charge in [0.2, 0.25) is 0 Å². The van der Waals surface area contributed by atoms with Gasteiger partial charge in [-0.15, -0.1) is 0 Å². The van der Waals surface area contributed by atoms with Crippen molar-refractivity contribution in [1.29, 1.82) is 0 Å². The number of nitrogens with zero attached hydrogens (tertiary/aromatic N) is 2. The summed E-state index contributed by atoms with van der Waals surface area (Å²) in [6.07, 6.45) is 2.00. The zero-order chi connectivity index (χ0) is 11.4. The van der Waals surface area contributed by atoms with Gasteiger partial charge in [0.05, 0.1) is 0 Å². The molecule has 4 nitrogen and oxygen atoms in total. The minimum Gasteiger partial charge on any atom is -0.308 e. The largest absolute Gasteiger partial charge is 0.308 e. The second-order valence-corrected chi connectivity index (χ2v) is 4.25. The average Bonchev–Trinajstić information content (AvgIpc) is 2.82. The first kappa shape index (κ1) is 11.0. The summed E-state index contributed by atoms with van der Waals surface area (Å²) in [7, 11) is 0. The van der Waals surface area contributed by atoms with E-state index in [1.54, 1.807) is 11.3 Å². The number of rotatable bonds is 4. The summed E-state index contributed by atoms with van der Waals surface area (Å²) >= 11 is 1.64. The van der Waals surface area contributed by atoms with Crippen molar-refractivity contribution in [1.82, 2.24) is 9.97 Å². The van der Waals surface area contributed by atoms with Crippen LogP contribution in [0.1, 0.15) is 19.0 Å². The molecule has 3 N–H and O–H groups in total. The molecule has 0 radical (unpaired) electrons. The molecule has 0 unspecified atom stereocenters. The first-order valence-corrected chi connectivity index (χ1v) is 6.15. The SMILES string of the molecule is CCCc1cc(NN)nc(-c2ccsc2)n1. The smallest absolute Gasteiger partial charge is 0.162 e. The molecule has 0 aliphatic carbocycles. The number of hydrogen-bond donors (Lipinski definition) is 2. The van der Waals surface area contributed by atoms with Crippen molar-refractivity contribution in [2.24, 2.45) is 5.84 Å². The van der Waals surface area contributed by atoms with E-state index in [0.29, 0.717) is 5.82 Å². The Morgan fingerprint density at radius 3 is 2.94 bits per heavy atom. The molecule has 0 saturated carbocycles. The van der Waals surface area contributed by atoms with Crippen LogP contribution < -0.4 is 11.3 Å². The lowest BCUT2D eigenvalue weighted by molar-refractivity contribution is 0.875. The Hall–Kier alpha value is -1.46. The van der Waals surface area contributed by atoms with E-state index < -0.39 is 0 Å². The van der Waals surface area contributed by atoms with Crippen LogP contribution in [0.25, 0.3) is 11.4 Å². The summed E-state index contributed by atoms with van der Waals surface area (Å²) in [6, 6.07) is 3.90. The van der Waals surface area contributed by atoms with E-state index in [4.69, 9.17) is 5.84 Å². The van der Waals surface area contributed by atoms with Crippen LogP contribution in [-0.2, 0) is 6.42 Å². The van der Waals surface area contributed by atoms with E-state index in [2.05, 4.69) is 22.3 Å². The summed E-state index contributed by atoms with van der Waals surface area (Å²) in [5.74, 6) is 6.80. The van der Waals surface area contributed by atoms with E-state index in [-0.39, 0.29) is 0 Å². The van der Waals surface area contributed by atoms with Crippen LogP contribution in [0, 0.1) is 0 Å². The lowest BCUT2D eigenvalue weighted by Gasteiger charge is -2.05. The van der Waals surface area contributed by atoms with Crippen molar-refractivity contribution in [2.45, 2.75) is 19.8 Å².